The fourth-order valence-electron chi connectivity index (χ4n) is 2.43. The molecule has 2 heterocycles. The summed E-state index contributed by atoms with van der Waals surface area (Å²) in [5.41, 5.74) is 2.48. The van der Waals surface area contributed by atoms with Crippen molar-refractivity contribution in [2.75, 3.05) is 7.11 Å². The van der Waals surface area contributed by atoms with Crippen LogP contribution in [0.25, 0.3) is 11.1 Å². The molecule has 0 amide bonds. The molecule has 3 aromatic rings. The minimum Gasteiger partial charge on any atom is -0.495 e. The van der Waals surface area contributed by atoms with E-state index < -0.39 is 10.0 Å². The molecule has 0 saturated heterocycles. The number of aromatic nitrogens is 3. The van der Waals surface area contributed by atoms with Crippen LogP contribution in [0.4, 0.5) is 0 Å². The molecule has 3 rings (SSSR count). The van der Waals surface area contributed by atoms with E-state index in [4.69, 9.17) is 16.3 Å². The minimum atomic E-state index is -3.80. The van der Waals surface area contributed by atoms with Gasteiger partial charge in [0.2, 0.25) is 10.0 Å². The van der Waals surface area contributed by atoms with E-state index in [2.05, 4.69) is 14.8 Å². The molecule has 0 radical (unpaired) electrons. The second-order valence-corrected chi connectivity index (χ2v) is 7.78. The van der Waals surface area contributed by atoms with Crippen LogP contribution in [0.15, 0.2) is 53.9 Å². The molecule has 0 saturated carbocycles. The Bertz CT molecular complexity index is 1030. The third kappa shape index (κ3) is 4.04. The van der Waals surface area contributed by atoms with Crippen molar-refractivity contribution in [1.82, 2.24) is 19.5 Å². The number of aryl methyl sites for hydroxylation is 1. The Hall–Kier alpha value is -2.42. The molecule has 0 atom stereocenters. The van der Waals surface area contributed by atoms with Crippen LogP contribution in [0.5, 0.6) is 5.75 Å². The van der Waals surface area contributed by atoms with Crippen LogP contribution in [0.3, 0.4) is 0 Å². The summed E-state index contributed by atoms with van der Waals surface area (Å²) < 4.78 is 34.6. The van der Waals surface area contributed by atoms with Crippen molar-refractivity contribution in [3.8, 4) is 16.9 Å². The van der Waals surface area contributed by atoms with Crippen molar-refractivity contribution in [2.45, 2.75) is 11.4 Å². The number of halogens is 1. The van der Waals surface area contributed by atoms with Gasteiger partial charge in [0.25, 0.3) is 0 Å². The molecule has 136 valence electrons. The van der Waals surface area contributed by atoms with Gasteiger partial charge in [-0.2, -0.15) is 5.10 Å². The van der Waals surface area contributed by atoms with Crippen molar-refractivity contribution in [2.24, 2.45) is 7.05 Å². The Morgan fingerprint density at radius 3 is 2.69 bits per heavy atom. The number of ether oxygens (including phenoxy) is 1. The molecule has 0 fully saturated rings. The molecule has 0 aliphatic heterocycles. The molecule has 0 unspecified atom stereocenters. The predicted octanol–water partition coefficient (Wildman–Crippen LogP) is 2.62. The molecular weight excluding hydrogens is 376 g/mol. The van der Waals surface area contributed by atoms with Gasteiger partial charge in [-0.25, -0.2) is 13.1 Å². The molecule has 0 spiro atoms. The zero-order valence-corrected chi connectivity index (χ0v) is 15.8. The van der Waals surface area contributed by atoms with Crippen LogP contribution < -0.4 is 9.46 Å². The number of hydrogen-bond donors (Lipinski definition) is 1. The number of benzene rings is 1. The molecule has 26 heavy (non-hydrogen) atoms. The lowest BCUT2D eigenvalue weighted by molar-refractivity contribution is 0.402. The molecule has 0 aliphatic rings. The first-order valence-electron chi connectivity index (χ1n) is 7.65. The van der Waals surface area contributed by atoms with Gasteiger partial charge in [-0.05, 0) is 29.8 Å². The first-order chi connectivity index (χ1) is 12.4. The zero-order valence-electron chi connectivity index (χ0n) is 14.2. The fourth-order valence-corrected chi connectivity index (χ4v) is 3.88. The van der Waals surface area contributed by atoms with Gasteiger partial charge in [0.15, 0.2) is 0 Å². The van der Waals surface area contributed by atoms with Crippen molar-refractivity contribution in [3.05, 3.63) is 59.6 Å². The van der Waals surface area contributed by atoms with Gasteiger partial charge < -0.3 is 4.74 Å². The van der Waals surface area contributed by atoms with E-state index in [9.17, 15) is 8.42 Å². The average Bonchev–Trinajstić information content (AvgIpc) is 3.07. The van der Waals surface area contributed by atoms with Crippen LogP contribution in [-0.2, 0) is 23.6 Å². The molecule has 0 aliphatic carbocycles. The lowest BCUT2D eigenvalue weighted by Crippen LogP contribution is -2.23. The van der Waals surface area contributed by atoms with Gasteiger partial charge >= 0.3 is 0 Å². The van der Waals surface area contributed by atoms with E-state index in [1.165, 1.54) is 19.2 Å². The molecular formula is C17H17ClN4O3S. The van der Waals surface area contributed by atoms with Crippen LogP contribution >= 0.6 is 11.6 Å². The van der Waals surface area contributed by atoms with Crippen molar-refractivity contribution >= 4 is 21.6 Å². The van der Waals surface area contributed by atoms with Crippen molar-refractivity contribution in [3.63, 3.8) is 0 Å². The van der Waals surface area contributed by atoms with E-state index in [1.54, 1.807) is 29.3 Å². The van der Waals surface area contributed by atoms with E-state index in [0.717, 1.165) is 16.7 Å². The third-order valence-electron chi connectivity index (χ3n) is 3.71. The Kier molecular flexibility index (Phi) is 5.26. The van der Waals surface area contributed by atoms with Crippen LogP contribution in [0.1, 0.15) is 5.56 Å². The Labute approximate surface area is 156 Å². The average molecular weight is 393 g/mol. The maximum atomic E-state index is 12.6. The third-order valence-corrected chi connectivity index (χ3v) is 5.37. The zero-order chi connectivity index (χ0) is 18.7. The molecule has 9 heteroatoms. The van der Waals surface area contributed by atoms with Gasteiger partial charge in [-0.1, -0.05) is 11.6 Å². The van der Waals surface area contributed by atoms with Crippen molar-refractivity contribution < 1.29 is 13.2 Å². The quantitative estimate of drug-likeness (QED) is 0.696. The Morgan fingerprint density at radius 2 is 2.00 bits per heavy atom. The summed E-state index contributed by atoms with van der Waals surface area (Å²) in [6.45, 7) is 0.0824. The maximum absolute atomic E-state index is 12.6. The summed E-state index contributed by atoms with van der Waals surface area (Å²) in [5, 5.41) is 4.44. The topological polar surface area (TPSA) is 86.1 Å². The van der Waals surface area contributed by atoms with Gasteiger partial charge in [-0.15, -0.1) is 0 Å². The highest BCUT2D eigenvalue weighted by Gasteiger charge is 2.20. The first kappa shape index (κ1) is 18.4. The maximum Gasteiger partial charge on any atom is 0.244 e. The molecule has 1 N–H and O–H groups in total. The van der Waals surface area contributed by atoms with Crippen LogP contribution in [0.2, 0.25) is 5.02 Å². The number of methoxy groups -OCH3 is 1. The normalized spacial score (nSPS) is 11.5. The summed E-state index contributed by atoms with van der Waals surface area (Å²) in [6.07, 6.45) is 6.90. The summed E-state index contributed by atoms with van der Waals surface area (Å²) in [6, 6.07) is 6.30. The largest absolute Gasteiger partial charge is 0.495 e. The minimum absolute atomic E-state index is 0.0103. The number of hydrogen-bond acceptors (Lipinski definition) is 5. The van der Waals surface area contributed by atoms with Crippen LogP contribution in [0, 0.1) is 0 Å². The summed E-state index contributed by atoms with van der Waals surface area (Å²) in [7, 11) is -0.568. The van der Waals surface area contributed by atoms with Crippen molar-refractivity contribution in [1.29, 1.82) is 0 Å². The standard InChI is InChI=1S/C17H17ClN4O3S/c1-22-11-14(10-20-22)13-5-12(7-19-9-13)8-21-26(23,24)17-6-15(18)3-4-16(17)25-2/h3-7,9-11,21H,8H2,1-2H3. The van der Waals surface area contributed by atoms with E-state index >= 15 is 0 Å². The lowest BCUT2D eigenvalue weighted by Gasteiger charge is -2.11. The molecule has 0 bridgehead atoms. The highest BCUT2D eigenvalue weighted by molar-refractivity contribution is 7.89. The highest BCUT2D eigenvalue weighted by atomic mass is 35.5. The fraction of sp³-hybridized carbons (Fsp3) is 0.176. The van der Waals surface area contributed by atoms with Crippen LogP contribution in [-0.4, -0.2) is 30.3 Å². The monoisotopic (exact) mass is 392 g/mol. The Morgan fingerprint density at radius 1 is 1.19 bits per heavy atom. The summed E-state index contributed by atoms with van der Waals surface area (Å²) in [4.78, 5) is 4.16. The van der Waals surface area contributed by atoms with E-state index in [0.29, 0.717) is 5.02 Å². The molecule has 2 aromatic heterocycles. The smallest absolute Gasteiger partial charge is 0.244 e. The van der Waals surface area contributed by atoms with Gasteiger partial charge in [-0.3, -0.25) is 9.67 Å². The lowest BCUT2D eigenvalue weighted by atomic mass is 10.1. The summed E-state index contributed by atoms with van der Waals surface area (Å²) >= 11 is 5.92. The second-order valence-electron chi connectivity index (χ2n) is 5.60. The van der Waals surface area contributed by atoms with Gasteiger partial charge in [0, 0.05) is 48.3 Å². The number of nitrogens with one attached hydrogen (secondary N) is 1. The number of sulfonamides is 1. The van der Waals surface area contributed by atoms with Gasteiger partial charge in [0.1, 0.15) is 10.6 Å². The first-order valence-corrected chi connectivity index (χ1v) is 9.51. The summed E-state index contributed by atoms with van der Waals surface area (Å²) in [5.74, 6) is 0.226. The Balaban J connectivity index is 1.81. The number of pyridine rings is 1. The van der Waals surface area contributed by atoms with E-state index in [-0.39, 0.29) is 17.2 Å². The second kappa shape index (κ2) is 7.45. The predicted molar refractivity (Wildman–Crippen MR) is 98.5 cm³/mol. The molecule has 7 nitrogen and oxygen atoms in total. The van der Waals surface area contributed by atoms with E-state index in [1.807, 2.05) is 19.3 Å². The SMILES string of the molecule is COc1ccc(Cl)cc1S(=O)(=O)NCc1cncc(-c2cnn(C)c2)c1. The van der Waals surface area contributed by atoms with Gasteiger partial charge in [0.05, 0.1) is 13.3 Å². The number of nitrogens with zero attached hydrogens (tertiary/aromatic N) is 3. The number of rotatable bonds is 6. The highest BCUT2D eigenvalue weighted by Crippen LogP contribution is 2.27. The molecule has 1 aromatic carbocycles.